The summed E-state index contributed by atoms with van der Waals surface area (Å²) in [5.74, 6) is -0.235. The van der Waals surface area contributed by atoms with Crippen molar-refractivity contribution in [3.05, 3.63) is 52.2 Å². The molecule has 1 saturated carbocycles. The van der Waals surface area contributed by atoms with Gasteiger partial charge in [0.25, 0.3) is 5.56 Å². The fourth-order valence-corrected chi connectivity index (χ4v) is 2.76. The van der Waals surface area contributed by atoms with Crippen molar-refractivity contribution in [3.8, 4) is 0 Å². The number of rotatable bonds is 5. The fourth-order valence-electron chi connectivity index (χ4n) is 1.85. The molecule has 0 aliphatic heterocycles. The number of hydrogen-bond acceptors (Lipinski definition) is 4. The van der Waals surface area contributed by atoms with Crippen molar-refractivity contribution in [2.75, 3.05) is 0 Å². The summed E-state index contributed by atoms with van der Waals surface area (Å²) in [6.07, 6.45) is 3.76. The zero-order valence-electron chi connectivity index (χ0n) is 10.7. The third-order valence-corrected chi connectivity index (χ3v) is 4.08. The quantitative estimate of drug-likeness (QED) is 0.830. The lowest BCUT2D eigenvalue weighted by molar-refractivity contribution is 0.579. The summed E-state index contributed by atoms with van der Waals surface area (Å²) in [6, 6.07) is 6.83. The minimum Gasteiger partial charge on any atom is -0.310 e. The molecule has 0 atom stereocenters. The Labute approximate surface area is 119 Å². The highest BCUT2D eigenvalue weighted by Gasteiger charge is 2.21. The molecule has 1 aromatic carbocycles. The van der Waals surface area contributed by atoms with Gasteiger partial charge in [0, 0.05) is 35.3 Å². The van der Waals surface area contributed by atoms with Crippen LogP contribution in [-0.4, -0.2) is 16.0 Å². The van der Waals surface area contributed by atoms with Crippen LogP contribution in [0.1, 0.15) is 18.4 Å². The Bertz CT molecular complexity index is 669. The SMILES string of the molecule is O=c1ccnc(Sc2cccc(F)c2CNC2CC2)[nH]1. The molecule has 1 heterocycles. The minimum atomic E-state index is -0.235. The van der Waals surface area contributed by atoms with E-state index in [4.69, 9.17) is 0 Å². The van der Waals surface area contributed by atoms with E-state index in [9.17, 15) is 9.18 Å². The topological polar surface area (TPSA) is 57.8 Å². The molecule has 1 aromatic heterocycles. The van der Waals surface area contributed by atoms with Crippen LogP contribution in [0.4, 0.5) is 4.39 Å². The Morgan fingerprint density at radius 1 is 1.40 bits per heavy atom. The first-order chi connectivity index (χ1) is 9.72. The van der Waals surface area contributed by atoms with E-state index in [-0.39, 0.29) is 11.4 Å². The maximum atomic E-state index is 14.0. The van der Waals surface area contributed by atoms with E-state index >= 15 is 0 Å². The van der Waals surface area contributed by atoms with Crippen molar-refractivity contribution in [1.29, 1.82) is 0 Å². The molecular formula is C14H14FN3OS. The molecule has 6 heteroatoms. The lowest BCUT2D eigenvalue weighted by atomic mass is 10.2. The van der Waals surface area contributed by atoms with Crippen LogP contribution >= 0.6 is 11.8 Å². The van der Waals surface area contributed by atoms with Gasteiger partial charge < -0.3 is 10.3 Å². The van der Waals surface area contributed by atoms with Gasteiger partial charge in [0.15, 0.2) is 5.16 Å². The molecule has 2 N–H and O–H groups in total. The van der Waals surface area contributed by atoms with Crippen LogP contribution in [0.15, 0.2) is 45.3 Å². The summed E-state index contributed by atoms with van der Waals surface area (Å²) >= 11 is 1.27. The molecule has 0 amide bonds. The molecular weight excluding hydrogens is 277 g/mol. The molecule has 0 bridgehead atoms. The third-order valence-electron chi connectivity index (χ3n) is 3.08. The standard InChI is InChI=1S/C14H14FN3OS/c15-11-2-1-3-12(10(11)8-17-9-4-5-9)20-14-16-7-6-13(19)18-14/h1-3,6-7,9,17H,4-5,8H2,(H,16,18,19). The normalized spacial score (nSPS) is 14.4. The van der Waals surface area contributed by atoms with E-state index in [0.717, 1.165) is 17.7 Å². The van der Waals surface area contributed by atoms with E-state index in [1.165, 1.54) is 30.1 Å². The largest absolute Gasteiger partial charge is 0.310 e. The molecule has 104 valence electrons. The Hall–Kier alpha value is -1.66. The molecule has 1 aliphatic carbocycles. The Balaban J connectivity index is 1.83. The highest BCUT2D eigenvalue weighted by atomic mass is 32.2. The van der Waals surface area contributed by atoms with Gasteiger partial charge in [-0.15, -0.1) is 0 Å². The number of nitrogens with zero attached hydrogens (tertiary/aromatic N) is 1. The number of hydrogen-bond donors (Lipinski definition) is 2. The summed E-state index contributed by atoms with van der Waals surface area (Å²) in [4.78, 5) is 18.7. The van der Waals surface area contributed by atoms with Crippen LogP contribution in [0.5, 0.6) is 0 Å². The van der Waals surface area contributed by atoms with E-state index in [0.29, 0.717) is 23.3 Å². The van der Waals surface area contributed by atoms with E-state index in [2.05, 4.69) is 15.3 Å². The maximum Gasteiger partial charge on any atom is 0.251 e. The highest BCUT2D eigenvalue weighted by molar-refractivity contribution is 7.99. The van der Waals surface area contributed by atoms with E-state index in [1.807, 2.05) is 6.07 Å². The molecule has 20 heavy (non-hydrogen) atoms. The average Bonchev–Trinajstić information content (AvgIpc) is 3.22. The van der Waals surface area contributed by atoms with Crippen LogP contribution in [0.3, 0.4) is 0 Å². The van der Waals surface area contributed by atoms with Crippen LogP contribution in [0, 0.1) is 5.82 Å². The van der Waals surface area contributed by atoms with Crippen LogP contribution in [0.2, 0.25) is 0 Å². The van der Waals surface area contributed by atoms with Crippen molar-refractivity contribution >= 4 is 11.8 Å². The van der Waals surface area contributed by atoms with Crippen molar-refractivity contribution in [1.82, 2.24) is 15.3 Å². The predicted molar refractivity (Wildman–Crippen MR) is 75.2 cm³/mol. The van der Waals surface area contributed by atoms with Gasteiger partial charge in [-0.1, -0.05) is 17.8 Å². The number of aromatic amines is 1. The van der Waals surface area contributed by atoms with Gasteiger partial charge >= 0.3 is 0 Å². The summed E-state index contributed by atoms with van der Waals surface area (Å²) < 4.78 is 14.0. The number of H-pyrrole nitrogens is 1. The molecule has 0 spiro atoms. The van der Waals surface area contributed by atoms with Gasteiger partial charge in [0.05, 0.1) is 0 Å². The second-order valence-corrected chi connectivity index (χ2v) is 5.74. The Morgan fingerprint density at radius 3 is 3.00 bits per heavy atom. The zero-order chi connectivity index (χ0) is 13.9. The first-order valence-electron chi connectivity index (χ1n) is 6.46. The second kappa shape index (κ2) is 5.76. The number of aromatic nitrogens is 2. The monoisotopic (exact) mass is 291 g/mol. The van der Waals surface area contributed by atoms with Gasteiger partial charge in [0.2, 0.25) is 0 Å². The third kappa shape index (κ3) is 3.26. The predicted octanol–water partition coefficient (Wildman–Crippen LogP) is 2.31. The minimum absolute atomic E-state index is 0.212. The number of halogens is 1. The van der Waals surface area contributed by atoms with Gasteiger partial charge in [0.1, 0.15) is 5.82 Å². The van der Waals surface area contributed by atoms with Crippen molar-refractivity contribution in [2.45, 2.75) is 35.5 Å². The molecule has 0 radical (unpaired) electrons. The summed E-state index contributed by atoms with van der Waals surface area (Å²) in [5.41, 5.74) is 0.410. The van der Waals surface area contributed by atoms with Crippen LogP contribution in [0.25, 0.3) is 0 Å². The zero-order valence-corrected chi connectivity index (χ0v) is 11.5. The Kier molecular flexibility index (Phi) is 3.84. The summed E-state index contributed by atoms with van der Waals surface area (Å²) in [6.45, 7) is 0.497. The van der Waals surface area contributed by atoms with Gasteiger partial charge in [-0.25, -0.2) is 9.37 Å². The van der Waals surface area contributed by atoms with Gasteiger partial charge in [-0.2, -0.15) is 0 Å². The summed E-state index contributed by atoms with van der Waals surface area (Å²) in [5, 5.41) is 3.77. The Morgan fingerprint density at radius 2 is 2.25 bits per heavy atom. The van der Waals surface area contributed by atoms with Crippen molar-refractivity contribution < 1.29 is 4.39 Å². The van der Waals surface area contributed by atoms with E-state index < -0.39 is 0 Å². The van der Waals surface area contributed by atoms with Gasteiger partial charge in [-0.3, -0.25) is 4.79 Å². The van der Waals surface area contributed by atoms with Crippen LogP contribution in [-0.2, 0) is 6.54 Å². The molecule has 2 aromatic rings. The van der Waals surface area contributed by atoms with Crippen molar-refractivity contribution in [2.24, 2.45) is 0 Å². The van der Waals surface area contributed by atoms with Crippen LogP contribution < -0.4 is 10.9 Å². The van der Waals surface area contributed by atoms with E-state index in [1.54, 1.807) is 6.07 Å². The summed E-state index contributed by atoms with van der Waals surface area (Å²) in [7, 11) is 0. The molecule has 4 nitrogen and oxygen atoms in total. The molecule has 0 unspecified atom stereocenters. The lowest BCUT2D eigenvalue weighted by Gasteiger charge is -2.10. The first-order valence-corrected chi connectivity index (χ1v) is 7.28. The molecule has 0 saturated heterocycles. The maximum absolute atomic E-state index is 14.0. The highest BCUT2D eigenvalue weighted by Crippen LogP contribution is 2.29. The van der Waals surface area contributed by atoms with Gasteiger partial charge in [-0.05, 0) is 25.0 Å². The average molecular weight is 291 g/mol. The number of benzene rings is 1. The van der Waals surface area contributed by atoms with Crippen molar-refractivity contribution in [3.63, 3.8) is 0 Å². The second-order valence-electron chi connectivity index (χ2n) is 4.71. The first kappa shape index (κ1) is 13.3. The number of nitrogens with one attached hydrogen (secondary N) is 2. The molecule has 3 rings (SSSR count). The molecule has 1 aliphatic rings. The fraction of sp³-hybridized carbons (Fsp3) is 0.286. The smallest absolute Gasteiger partial charge is 0.251 e. The lowest BCUT2D eigenvalue weighted by Crippen LogP contribution is -2.17. The molecule has 1 fully saturated rings.